The molecule has 0 radical (unpaired) electrons. The van der Waals surface area contributed by atoms with E-state index in [9.17, 15) is 18.7 Å². The lowest BCUT2D eigenvalue weighted by molar-refractivity contribution is 0.126. The average Bonchev–Trinajstić information content (AvgIpc) is 3.43. The van der Waals surface area contributed by atoms with Crippen LogP contribution in [0.4, 0.5) is 8.78 Å². The first-order valence-electron chi connectivity index (χ1n) is 10.2. The number of benzene rings is 2. The first-order valence-corrected chi connectivity index (χ1v) is 11.5. The van der Waals surface area contributed by atoms with Crippen molar-refractivity contribution in [2.24, 2.45) is 0 Å². The van der Waals surface area contributed by atoms with Gasteiger partial charge in [0, 0.05) is 11.1 Å². The number of fused-ring (bicyclic) bond motifs is 2. The number of ether oxygens (including phenoxy) is 1. The van der Waals surface area contributed by atoms with Gasteiger partial charge in [-0.2, -0.15) is 4.98 Å². The second-order valence-electron chi connectivity index (χ2n) is 7.40. The molecule has 174 valence electrons. The van der Waals surface area contributed by atoms with E-state index >= 15 is 0 Å². The van der Waals surface area contributed by atoms with Gasteiger partial charge in [0.25, 0.3) is 12.0 Å². The van der Waals surface area contributed by atoms with E-state index < -0.39 is 18.5 Å². The van der Waals surface area contributed by atoms with Crippen molar-refractivity contribution in [2.45, 2.75) is 26.3 Å². The predicted octanol–water partition coefficient (Wildman–Crippen LogP) is 6.25. The molecule has 0 aliphatic rings. The highest BCUT2D eigenvalue weighted by Crippen LogP contribution is 2.39. The van der Waals surface area contributed by atoms with Gasteiger partial charge in [-0.05, 0) is 41.8 Å². The maximum Gasteiger partial charge on any atom is 0.400 e. The van der Waals surface area contributed by atoms with Crippen molar-refractivity contribution in [3.63, 3.8) is 0 Å². The molecule has 0 fully saturated rings. The van der Waals surface area contributed by atoms with Crippen molar-refractivity contribution in [1.29, 1.82) is 0 Å². The molecular formula is C23H16ClF2N3O4S. The summed E-state index contributed by atoms with van der Waals surface area (Å²) in [6, 6.07) is 9.93. The highest BCUT2D eigenvalue weighted by Gasteiger charge is 2.23. The molecular weight excluding hydrogens is 488 g/mol. The van der Waals surface area contributed by atoms with Gasteiger partial charge in [-0.15, -0.1) is 11.3 Å². The molecule has 0 aliphatic carbocycles. The van der Waals surface area contributed by atoms with Crippen molar-refractivity contribution in [2.75, 3.05) is 0 Å². The van der Waals surface area contributed by atoms with E-state index in [2.05, 4.69) is 9.97 Å². The Morgan fingerprint density at radius 1 is 1.26 bits per heavy atom. The fraction of sp³-hybridized carbons (Fsp3) is 0.174. The first-order chi connectivity index (χ1) is 16.4. The zero-order valence-corrected chi connectivity index (χ0v) is 19.2. The first kappa shape index (κ1) is 22.3. The topological polar surface area (TPSA) is 90.4 Å². The van der Waals surface area contributed by atoms with E-state index in [0.717, 1.165) is 21.5 Å². The zero-order valence-electron chi connectivity index (χ0n) is 17.6. The van der Waals surface area contributed by atoms with Crippen LogP contribution < -0.4 is 10.3 Å². The van der Waals surface area contributed by atoms with Crippen LogP contribution in [-0.2, 0) is 13.0 Å². The van der Waals surface area contributed by atoms with Crippen molar-refractivity contribution < 1.29 is 23.0 Å². The molecule has 0 aliphatic heterocycles. The second-order valence-corrected chi connectivity index (χ2v) is 8.69. The van der Waals surface area contributed by atoms with Gasteiger partial charge in [0.2, 0.25) is 0 Å². The Kier molecular flexibility index (Phi) is 5.70. The van der Waals surface area contributed by atoms with Crippen molar-refractivity contribution >= 4 is 44.4 Å². The maximum absolute atomic E-state index is 13.3. The molecule has 3 aromatic heterocycles. The molecule has 0 spiro atoms. The average molecular weight is 504 g/mol. The molecule has 0 unspecified atom stereocenters. The summed E-state index contributed by atoms with van der Waals surface area (Å²) in [6.07, 6.45) is -2.29. The van der Waals surface area contributed by atoms with Gasteiger partial charge in [0.05, 0.1) is 17.6 Å². The molecule has 0 saturated heterocycles. The molecule has 1 N–H and O–H groups in total. The van der Waals surface area contributed by atoms with E-state index in [1.54, 1.807) is 36.4 Å². The number of hydrogen-bond acceptors (Lipinski definition) is 7. The fourth-order valence-corrected chi connectivity index (χ4v) is 4.67. The number of thiazole rings is 1. The Bertz CT molecular complexity index is 1590. The molecule has 11 heteroatoms. The highest BCUT2D eigenvalue weighted by atomic mass is 35.5. The molecule has 0 atom stereocenters. The third kappa shape index (κ3) is 3.88. The van der Waals surface area contributed by atoms with Crippen molar-refractivity contribution in [3.8, 4) is 28.7 Å². The third-order valence-electron chi connectivity index (χ3n) is 5.30. The number of aryl methyl sites for hydroxylation is 1. The van der Waals surface area contributed by atoms with Crippen LogP contribution in [0.25, 0.3) is 32.6 Å². The van der Waals surface area contributed by atoms with Gasteiger partial charge in [0.15, 0.2) is 11.2 Å². The monoisotopic (exact) mass is 503 g/mol. The molecule has 2 aromatic carbocycles. The van der Waals surface area contributed by atoms with Crippen LogP contribution in [0.5, 0.6) is 17.6 Å². The fourth-order valence-electron chi connectivity index (χ4n) is 3.77. The summed E-state index contributed by atoms with van der Waals surface area (Å²) >= 11 is 7.05. The number of rotatable bonds is 6. The number of aromatic nitrogens is 3. The quantitative estimate of drug-likeness (QED) is 0.295. The molecule has 5 aromatic rings. The molecule has 0 saturated carbocycles. The van der Waals surface area contributed by atoms with E-state index in [4.69, 9.17) is 20.8 Å². The highest BCUT2D eigenvalue weighted by molar-refractivity contribution is 7.17. The van der Waals surface area contributed by atoms with Gasteiger partial charge in [-0.25, -0.2) is 13.8 Å². The van der Waals surface area contributed by atoms with Crippen molar-refractivity contribution in [3.05, 3.63) is 62.8 Å². The van der Waals surface area contributed by atoms with E-state index in [-0.39, 0.29) is 33.5 Å². The Labute approximate surface area is 199 Å². The SMILES string of the molecule is CCc1ccc(Oc2nc3ccc(Cl)cc3o2)cc1-c1c(O)c2scnc2n(CC(F)F)c1=O. The summed E-state index contributed by atoms with van der Waals surface area (Å²) in [5.74, 6) is -0.0233. The summed E-state index contributed by atoms with van der Waals surface area (Å²) in [6.45, 7) is 1.04. The Morgan fingerprint density at radius 2 is 2.09 bits per heavy atom. The minimum atomic E-state index is -2.77. The summed E-state index contributed by atoms with van der Waals surface area (Å²) in [7, 11) is 0. The number of aromatic hydroxyl groups is 1. The lowest BCUT2D eigenvalue weighted by Gasteiger charge is -2.15. The standard InChI is InChI=1S/C23H16ClF2N3O4S/c1-2-11-3-5-13(32-23-28-15-6-4-12(24)7-16(15)33-23)8-14(11)18-19(30)20-21(27-10-34-20)29(22(18)31)9-17(25)26/h3-8,10,17,30H,2,9H2,1H3. The largest absolute Gasteiger partial charge is 0.505 e. The van der Waals surface area contributed by atoms with E-state index in [1.807, 2.05) is 6.92 Å². The molecule has 0 bridgehead atoms. The normalized spacial score (nSPS) is 11.7. The van der Waals surface area contributed by atoms with Crippen LogP contribution in [0.15, 0.2) is 51.1 Å². The van der Waals surface area contributed by atoms with Gasteiger partial charge in [-0.1, -0.05) is 24.6 Å². The smallest absolute Gasteiger partial charge is 0.400 e. The molecule has 7 nitrogen and oxygen atoms in total. The number of pyridine rings is 1. The van der Waals surface area contributed by atoms with Crippen LogP contribution >= 0.6 is 22.9 Å². The number of hydrogen-bond donors (Lipinski definition) is 1. The summed E-state index contributed by atoms with van der Waals surface area (Å²) in [4.78, 5) is 21.5. The van der Waals surface area contributed by atoms with Gasteiger partial charge in [-0.3, -0.25) is 9.36 Å². The van der Waals surface area contributed by atoms with Crippen LogP contribution in [0.1, 0.15) is 12.5 Å². The Hall–Kier alpha value is -3.50. The van der Waals surface area contributed by atoms with Crippen LogP contribution in [0.3, 0.4) is 0 Å². The lowest BCUT2D eigenvalue weighted by Crippen LogP contribution is -2.25. The minimum absolute atomic E-state index is 0.0205. The Morgan fingerprint density at radius 3 is 2.85 bits per heavy atom. The molecule has 3 heterocycles. The van der Waals surface area contributed by atoms with Crippen molar-refractivity contribution in [1.82, 2.24) is 14.5 Å². The minimum Gasteiger partial charge on any atom is -0.505 e. The molecule has 5 rings (SSSR count). The van der Waals surface area contributed by atoms with Crippen LogP contribution in [0.2, 0.25) is 5.02 Å². The predicted molar refractivity (Wildman–Crippen MR) is 125 cm³/mol. The van der Waals surface area contributed by atoms with Gasteiger partial charge < -0.3 is 14.3 Å². The second kappa shape index (κ2) is 8.69. The number of alkyl halides is 2. The number of halogens is 3. The van der Waals surface area contributed by atoms with Crippen LogP contribution in [-0.4, -0.2) is 26.1 Å². The number of nitrogens with zero attached hydrogens (tertiary/aromatic N) is 3. The Balaban J connectivity index is 1.65. The summed E-state index contributed by atoms with van der Waals surface area (Å²) < 4.78 is 39.0. The lowest BCUT2D eigenvalue weighted by atomic mass is 9.98. The number of oxazole rings is 1. The summed E-state index contributed by atoms with van der Waals surface area (Å²) in [5, 5.41) is 11.4. The van der Waals surface area contributed by atoms with Crippen LogP contribution in [0, 0.1) is 0 Å². The third-order valence-corrected chi connectivity index (χ3v) is 6.36. The zero-order chi connectivity index (χ0) is 24.0. The van der Waals surface area contributed by atoms with Gasteiger partial charge in [0.1, 0.15) is 21.7 Å². The summed E-state index contributed by atoms with van der Waals surface area (Å²) in [5.41, 5.74) is 2.63. The molecule has 0 amide bonds. The van der Waals surface area contributed by atoms with E-state index in [0.29, 0.717) is 28.1 Å². The van der Waals surface area contributed by atoms with E-state index in [1.165, 1.54) is 5.51 Å². The van der Waals surface area contributed by atoms with Gasteiger partial charge >= 0.3 is 6.08 Å². The molecule has 34 heavy (non-hydrogen) atoms. The maximum atomic E-state index is 13.3.